The molecule has 0 amide bonds. The Morgan fingerprint density at radius 3 is 2.59 bits per heavy atom. The second-order valence-electron chi connectivity index (χ2n) is 4.19. The van der Waals surface area contributed by atoms with E-state index in [1.54, 1.807) is 0 Å². The highest BCUT2D eigenvalue weighted by molar-refractivity contribution is 7.67. The van der Waals surface area contributed by atoms with Crippen molar-refractivity contribution in [2.45, 2.75) is 45.6 Å². The van der Waals surface area contributed by atoms with Gasteiger partial charge in [0.05, 0.1) is 6.61 Å². The summed E-state index contributed by atoms with van der Waals surface area (Å²) in [6.45, 7) is 10.6. The van der Waals surface area contributed by atoms with Crippen molar-refractivity contribution in [2.75, 3.05) is 19.7 Å². The maximum atomic E-state index is 9.53. The Hall–Kier alpha value is -0.390. The number of piperidine rings is 1. The molecule has 1 aliphatic heterocycles. The lowest BCUT2D eigenvalue weighted by molar-refractivity contribution is 0.161. The van der Waals surface area contributed by atoms with Crippen molar-refractivity contribution in [1.82, 2.24) is 4.90 Å². The largest absolute Gasteiger partial charge is 0.301 e. The van der Waals surface area contributed by atoms with Crippen LogP contribution in [0.25, 0.3) is 0 Å². The van der Waals surface area contributed by atoms with E-state index < -0.39 is 11.0 Å². The van der Waals surface area contributed by atoms with Crippen LogP contribution in [0, 0.1) is 0 Å². The third-order valence-corrected chi connectivity index (χ3v) is 3.11. The van der Waals surface area contributed by atoms with E-state index in [0.717, 1.165) is 6.04 Å². The summed E-state index contributed by atoms with van der Waals surface area (Å²) in [5, 5.41) is 0. The van der Waals surface area contributed by atoms with Gasteiger partial charge in [-0.1, -0.05) is 19.4 Å². The van der Waals surface area contributed by atoms with Gasteiger partial charge >= 0.3 is 0 Å². The van der Waals surface area contributed by atoms with E-state index in [1.165, 1.54) is 44.8 Å². The van der Waals surface area contributed by atoms with Gasteiger partial charge in [-0.25, -0.2) is 8.42 Å². The summed E-state index contributed by atoms with van der Waals surface area (Å²) in [5.74, 6) is 0. The van der Waals surface area contributed by atoms with Gasteiger partial charge in [-0.05, 0) is 39.3 Å². The highest BCUT2D eigenvalue weighted by Gasteiger charge is 2.16. The van der Waals surface area contributed by atoms with E-state index in [0.29, 0.717) is 0 Å². The highest BCUT2D eigenvalue weighted by atomic mass is 32.2. The fraction of sp³-hybridized carbons (Fsp3) is 0.833. The summed E-state index contributed by atoms with van der Waals surface area (Å²) in [6.07, 6.45) is 6.96. The van der Waals surface area contributed by atoms with Crippen LogP contribution in [0.5, 0.6) is 0 Å². The maximum absolute atomic E-state index is 9.53. The van der Waals surface area contributed by atoms with E-state index in [-0.39, 0.29) is 6.61 Å². The van der Waals surface area contributed by atoms with E-state index in [9.17, 15) is 8.42 Å². The average molecular weight is 263 g/mol. The van der Waals surface area contributed by atoms with Crippen LogP contribution in [0.2, 0.25) is 0 Å². The fourth-order valence-electron chi connectivity index (χ4n) is 1.89. The van der Waals surface area contributed by atoms with Crippen LogP contribution < -0.4 is 0 Å². The molecular weight excluding hydrogens is 238 g/mol. The van der Waals surface area contributed by atoms with Crippen molar-refractivity contribution < 1.29 is 12.6 Å². The molecular formula is C12H25NO3S. The van der Waals surface area contributed by atoms with Gasteiger partial charge in [-0.15, -0.1) is 6.58 Å². The molecule has 0 aliphatic carbocycles. The molecule has 5 heteroatoms. The first-order valence-corrected chi connectivity index (χ1v) is 7.33. The van der Waals surface area contributed by atoms with Gasteiger partial charge in [0.2, 0.25) is 0 Å². The number of likely N-dealkylation sites (tertiary alicyclic amines) is 1. The predicted octanol–water partition coefficient (Wildman–Crippen LogP) is 1.99. The van der Waals surface area contributed by atoms with Crippen molar-refractivity contribution in [2.24, 2.45) is 0 Å². The van der Waals surface area contributed by atoms with Crippen LogP contribution in [-0.2, 0) is 15.2 Å². The Balaban J connectivity index is 0.000000325. The minimum absolute atomic E-state index is 0.0682. The number of hydrogen-bond donors (Lipinski definition) is 1. The quantitative estimate of drug-likeness (QED) is 0.608. The zero-order chi connectivity index (χ0) is 13.1. The summed E-state index contributed by atoms with van der Waals surface area (Å²) in [4.78, 5) is 2.61. The Bertz CT molecular complexity index is 256. The minimum Gasteiger partial charge on any atom is -0.301 e. The van der Waals surface area contributed by atoms with Gasteiger partial charge in [0.25, 0.3) is 11.0 Å². The molecule has 0 aromatic heterocycles. The third-order valence-electron chi connectivity index (χ3n) is 2.75. The molecule has 1 unspecified atom stereocenters. The lowest BCUT2D eigenvalue weighted by Gasteiger charge is -2.32. The maximum Gasteiger partial charge on any atom is 0.257 e. The molecule has 0 bridgehead atoms. The number of thiol groups is 1. The standard InChI is InChI=1S/C9H19N.C3H6O3S/c1-3-7-10-8-5-4-6-9(10)2;1-2-3-6-7(4)5/h9H,3-8H2,1-2H3;2,7H,1,3H2. The lowest BCUT2D eigenvalue weighted by atomic mass is 10.0. The summed E-state index contributed by atoms with van der Waals surface area (Å²) >= 11 is 0. The Morgan fingerprint density at radius 2 is 2.18 bits per heavy atom. The van der Waals surface area contributed by atoms with Crippen LogP contribution in [0.1, 0.15) is 39.5 Å². The molecule has 1 rings (SSSR count). The smallest absolute Gasteiger partial charge is 0.257 e. The molecule has 1 heterocycles. The molecule has 102 valence electrons. The van der Waals surface area contributed by atoms with Gasteiger partial charge in [0.15, 0.2) is 0 Å². The molecule has 1 aliphatic rings. The van der Waals surface area contributed by atoms with Gasteiger partial charge in [-0.2, -0.15) is 0 Å². The molecule has 1 fully saturated rings. The van der Waals surface area contributed by atoms with Crippen LogP contribution >= 0.6 is 0 Å². The summed E-state index contributed by atoms with van der Waals surface area (Å²) in [7, 11) is -2.68. The molecule has 0 aromatic carbocycles. The summed E-state index contributed by atoms with van der Waals surface area (Å²) < 4.78 is 23.1. The molecule has 1 saturated heterocycles. The molecule has 0 saturated carbocycles. The Morgan fingerprint density at radius 1 is 1.47 bits per heavy atom. The Labute approximate surface area is 107 Å². The average Bonchev–Trinajstić information content (AvgIpc) is 2.30. The normalized spacial score (nSPS) is 20.8. The molecule has 1 atom stereocenters. The first-order valence-electron chi connectivity index (χ1n) is 6.24. The van der Waals surface area contributed by atoms with Gasteiger partial charge in [-0.3, -0.25) is 4.18 Å². The molecule has 0 N–H and O–H groups in total. The molecule has 4 nitrogen and oxygen atoms in total. The van der Waals surface area contributed by atoms with Gasteiger partial charge < -0.3 is 4.90 Å². The molecule has 0 radical (unpaired) electrons. The van der Waals surface area contributed by atoms with Crippen molar-refractivity contribution in [3.05, 3.63) is 12.7 Å². The number of rotatable bonds is 5. The van der Waals surface area contributed by atoms with Crippen molar-refractivity contribution in [3.63, 3.8) is 0 Å². The monoisotopic (exact) mass is 263 g/mol. The molecule has 0 aromatic rings. The van der Waals surface area contributed by atoms with Crippen LogP contribution in [0.3, 0.4) is 0 Å². The Kier molecular flexibility index (Phi) is 10.5. The van der Waals surface area contributed by atoms with Crippen LogP contribution in [0.4, 0.5) is 0 Å². The zero-order valence-electron chi connectivity index (χ0n) is 10.9. The topological polar surface area (TPSA) is 46.6 Å². The number of hydrogen-bond acceptors (Lipinski definition) is 4. The van der Waals surface area contributed by atoms with E-state index in [2.05, 4.69) is 29.5 Å². The summed E-state index contributed by atoms with van der Waals surface area (Å²) in [5.41, 5.74) is 0. The van der Waals surface area contributed by atoms with Crippen LogP contribution in [-0.4, -0.2) is 39.1 Å². The first-order chi connectivity index (χ1) is 8.11. The van der Waals surface area contributed by atoms with Crippen molar-refractivity contribution in [1.29, 1.82) is 0 Å². The zero-order valence-corrected chi connectivity index (χ0v) is 11.8. The van der Waals surface area contributed by atoms with Crippen molar-refractivity contribution >= 4 is 11.0 Å². The first kappa shape index (κ1) is 16.6. The number of nitrogens with zero attached hydrogens (tertiary/aromatic N) is 1. The van der Waals surface area contributed by atoms with E-state index in [4.69, 9.17) is 0 Å². The molecule has 0 spiro atoms. The SMILES string of the molecule is C=CCO[SH](=O)=O.CCCN1CCCCC1C. The predicted molar refractivity (Wildman–Crippen MR) is 71.6 cm³/mol. The van der Waals surface area contributed by atoms with Crippen LogP contribution in [0.15, 0.2) is 12.7 Å². The molecule has 17 heavy (non-hydrogen) atoms. The second-order valence-corrected chi connectivity index (χ2v) is 4.89. The highest BCUT2D eigenvalue weighted by Crippen LogP contribution is 2.15. The minimum atomic E-state index is -2.68. The third kappa shape index (κ3) is 9.32. The fourth-order valence-corrected chi connectivity index (χ4v) is 2.12. The van der Waals surface area contributed by atoms with E-state index in [1.807, 2.05) is 0 Å². The lowest BCUT2D eigenvalue weighted by Crippen LogP contribution is -2.37. The summed E-state index contributed by atoms with van der Waals surface area (Å²) in [6, 6.07) is 0.855. The van der Waals surface area contributed by atoms with E-state index >= 15 is 0 Å². The van der Waals surface area contributed by atoms with Crippen molar-refractivity contribution in [3.8, 4) is 0 Å². The van der Waals surface area contributed by atoms with Gasteiger partial charge in [0.1, 0.15) is 0 Å². The van der Waals surface area contributed by atoms with Gasteiger partial charge in [0, 0.05) is 6.04 Å². The second kappa shape index (κ2) is 10.7.